The summed E-state index contributed by atoms with van der Waals surface area (Å²) >= 11 is 5.74. The zero-order valence-corrected chi connectivity index (χ0v) is 19.8. The van der Waals surface area contributed by atoms with E-state index in [0.29, 0.717) is 5.56 Å². The molecule has 3 heterocycles. The van der Waals surface area contributed by atoms with Crippen molar-refractivity contribution < 1.29 is 9.53 Å². The van der Waals surface area contributed by atoms with Gasteiger partial charge in [0, 0.05) is 29.3 Å². The van der Waals surface area contributed by atoms with Gasteiger partial charge in [0.1, 0.15) is 0 Å². The molecule has 7 heteroatoms. The number of pyridine rings is 1. The summed E-state index contributed by atoms with van der Waals surface area (Å²) < 4.78 is 7.08. The van der Waals surface area contributed by atoms with E-state index < -0.39 is 0 Å². The quantitative estimate of drug-likeness (QED) is 0.453. The predicted octanol–water partition coefficient (Wildman–Crippen LogP) is 4.66. The van der Waals surface area contributed by atoms with Gasteiger partial charge in [-0.3, -0.25) is 4.98 Å². The lowest BCUT2D eigenvalue weighted by Crippen LogP contribution is -2.35. The monoisotopic (exact) mass is 448 g/mol. The molecule has 0 spiro atoms. The smallest absolute Gasteiger partial charge is 0.337 e. The first-order valence-electron chi connectivity index (χ1n) is 10.7. The van der Waals surface area contributed by atoms with Crippen molar-refractivity contribution in [1.29, 1.82) is 0 Å². The van der Waals surface area contributed by atoms with Gasteiger partial charge in [-0.1, -0.05) is 12.1 Å². The number of aromatic nitrogens is 2. The summed E-state index contributed by atoms with van der Waals surface area (Å²) in [5.74, 6) is -0.346. The number of thiocarbonyl (C=S) groups is 1. The van der Waals surface area contributed by atoms with E-state index in [2.05, 4.69) is 53.5 Å². The molecule has 6 nitrogen and oxygen atoms in total. The Balaban J connectivity index is 1.84. The number of esters is 1. The number of hydrogen-bond acceptors (Lipinski definition) is 4. The van der Waals surface area contributed by atoms with Gasteiger partial charge in [0.2, 0.25) is 0 Å². The van der Waals surface area contributed by atoms with Gasteiger partial charge < -0.3 is 19.5 Å². The number of aryl methyl sites for hydroxylation is 1. The topological polar surface area (TPSA) is 59.4 Å². The second-order valence-corrected chi connectivity index (χ2v) is 8.72. The molecular weight excluding hydrogens is 420 g/mol. The maximum Gasteiger partial charge on any atom is 0.337 e. The van der Waals surface area contributed by atoms with Crippen LogP contribution in [0.3, 0.4) is 0 Å². The highest BCUT2D eigenvalue weighted by Gasteiger charge is 2.42. The molecule has 0 unspecified atom stereocenters. The van der Waals surface area contributed by atoms with Crippen LogP contribution >= 0.6 is 12.2 Å². The van der Waals surface area contributed by atoms with Gasteiger partial charge in [-0.15, -0.1) is 0 Å². The number of benzene rings is 1. The Hall–Kier alpha value is -3.19. The molecule has 1 fully saturated rings. The summed E-state index contributed by atoms with van der Waals surface area (Å²) in [5, 5.41) is 4.24. The Labute approximate surface area is 194 Å². The molecule has 32 heavy (non-hydrogen) atoms. The van der Waals surface area contributed by atoms with Crippen LogP contribution in [0.4, 0.5) is 0 Å². The lowest BCUT2D eigenvalue weighted by molar-refractivity contribution is 0.0600. The summed E-state index contributed by atoms with van der Waals surface area (Å²) in [6, 6.07) is 15.9. The molecule has 1 N–H and O–H groups in total. The predicted molar refractivity (Wildman–Crippen MR) is 129 cm³/mol. The van der Waals surface area contributed by atoms with Crippen LogP contribution in [0.15, 0.2) is 54.7 Å². The molecule has 3 aromatic rings. The average molecular weight is 449 g/mol. The largest absolute Gasteiger partial charge is 0.465 e. The van der Waals surface area contributed by atoms with E-state index in [0.717, 1.165) is 27.9 Å². The standard InChI is InChI=1S/C25H28N4O2S/c1-15(2)28-23(22(27-25(28)32)21-11-6-7-12-26-21)20-13-16(3)29(17(20)4)19-10-8-9-18(14-19)24(30)31-5/h6-15,22-23H,1-5H3,(H,27,32)/t22-,23-/m0/s1. The fourth-order valence-electron chi connectivity index (χ4n) is 4.63. The third kappa shape index (κ3) is 3.77. The lowest BCUT2D eigenvalue weighted by Gasteiger charge is -2.31. The molecule has 1 aliphatic rings. The van der Waals surface area contributed by atoms with Crippen LogP contribution < -0.4 is 5.32 Å². The van der Waals surface area contributed by atoms with Crippen molar-refractivity contribution in [2.75, 3.05) is 7.11 Å². The summed E-state index contributed by atoms with van der Waals surface area (Å²) in [6.07, 6.45) is 1.82. The van der Waals surface area contributed by atoms with Crippen molar-refractivity contribution in [3.05, 3.63) is 82.9 Å². The zero-order valence-electron chi connectivity index (χ0n) is 19.0. The third-order valence-corrected chi connectivity index (χ3v) is 6.33. The van der Waals surface area contributed by atoms with Crippen molar-refractivity contribution in [3.8, 4) is 5.69 Å². The van der Waals surface area contributed by atoms with Crippen molar-refractivity contribution >= 4 is 23.3 Å². The number of nitrogens with zero attached hydrogens (tertiary/aromatic N) is 3. The maximum absolute atomic E-state index is 12.1. The van der Waals surface area contributed by atoms with E-state index >= 15 is 0 Å². The fraction of sp³-hybridized carbons (Fsp3) is 0.320. The Bertz CT molecular complexity index is 1160. The van der Waals surface area contributed by atoms with Crippen LogP contribution in [0.5, 0.6) is 0 Å². The van der Waals surface area contributed by atoms with Crippen LogP contribution in [-0.4, -0.2) is 38.7 Å². The Kier molecular flexibility index (Phi) is 6.02. The van der Waals surface area contributed by atoms with Crippen LogP contribution in [0, 0.1) is 13.8 Å². The number of methoxy groups -OCH3 is 1. The minimum atomic E-state index is -0.346. The minimum Gasteiger partial charge on any atom is -0.465 e. The Morgan fingerprint density at radius 3 is 2.59 bits per heavy atom. The fourth-order valence-corrected chi connectivity index (χ4v) is 5.08. The van der Waals surface area contributed by atoms with Crippen LogP contribution in [0.25, 0.3) is 5.69 Å². The normalized spacial score (nSPS) is 18.2. The van der Waals surface area contributed by atoms with E-state index in [1.165, 1.54) is 12.7 Å². The second kappa shape index (κ2) is 8.74. The number of rotatable bonds is 5. The molecule has 0 amide bonds. The molecule has 2 atom stereocenters. The second-order valence-electron chi connectivity index (χ2n) is 8.33. The highest BCUT2D eigenvalue weighted by molar-refractivity contribution is 7.80. The molecule has 2 aromatic heterocycles. The number of carbonyl (C=O) groups is 1. The minimum absolute atomic E-state index is 0.00106. The van der Waals surface area contributed by atoms with Gasteiger partial charge in [-0.2, -0.15) is 0 Å². The Morgan fingerprint density at radius 2 is 1.94 bits per heavy atom. The lowest BCUT2D eigenvalue weighted by atomic mass is 9.96. The summed E-state index contributed by atoms with van der Waals surface area (Å²) in [5.41, 5.74) is 5.78. The molecule has 0 saturated carbocycles. The maximum atomic E-state index is 12.1. The number of hydrogen-bond donors (Lipinski definition) is 1. The SMILES string of the molecule is COC(=O)c1cccc(-n2c(C)cc([C@H]3[C@H](c4ccccn4)NC(=S)N3C(C)C)c2C)c1. The summed E-state index contributed by atoms with van der Waals surface area (Å²) in [7, 11) is 1.40. The molecule has 0 bridgehead atoms. The van der Waals surface area contributed by atoms with Crippen molar-refractivity contribution in [2.45, 2.75) is 45.8 Å². The third-order valence-electron chi connectivity index (χ3n) is 6.01. The van der Waals surface area contributed by atoms with Gasteiger partial charge in [0.05, 0.1) is 30.5 Å². The molecule has 4 rings (SSSR count). The molecule has 1 aromatic carbocycles. The van der Waals surface area contributed by atoms with Gasteiger partial charge in [0.15, 0.2) is 5.11 Å². The first kappa shape index (κ1) is 22.0. The van der Waals surface area contributed by atoms with Crippen molar-refractivity contribution in [3.63, 3.8) is 0 Å². The van der Waals surface area contributed by atoms with E-state index in [1.54, 1.807) is 6.07 Å². The van der Waals surface area contributed by atoms with E-state index in [9.17, 15) is 4.79 Å². The number of carbonyl (C=O) groups excluding carboxylic acids is 1. The Morgan fingerprint density at radius 1 is 1.16 bits per heavy atom. The number of ether oxygens (including phenoxy) is 1. The van der Waals surface area contributed by atoms with Gasteiger partial charge in [-0.25, -0.2) is 4.79 Å². The first-order valence-corrected chi connectivity index (χ1v) is 11.1. The molecule has 1 aliphatic heterocycles. The van der Waals surface area contributed by atoms with Crippen LogP contribution in [0.2, 0.25) is 0 Å². The van der Waals surface area contributed by atoms with Gasteiger partial charge in [0.25, 0.3) is 0 Å². The molecule has 1 saturated heterocycles. The van der Waals surface area contributed by atoms with E-state index in [1.807, 2.05) is 42.6 Å². The van der Waals surface area contributed by atoms with Gasteiger partial charge in [-0.05, 0) is 81.9 Å². The summed E-state index contributed by atoms with van der Waals surface area (Å²) in [6.45, 7) is 8.50. The van der Waals surface area contributed by atoms with E-state index in [-0.39, 0.29) is 24.1 Å². The van der Waals surface area contributed by atoms with Crippen molar-refractivity contribution in [2.24, 2.45) is 0 Å². The van der Waals surface area contributed by atoms with Crippen LogP contribution in [-0.2, 0) is 4.74 Å². The summed E-state index contributed by atoms with van der Waals surface area (Å²) in [4.78, 5) is 18.9. The highest BCUT2D eigenvalue weighted by atomic mass is 32.1. The van der Waals surface area contributed by atoms with Gasteiger partial charge >= 0.3 is 5.97 Å². The number of nitrogens with one attached hydrogen (secondary N) is 1. The first-order chi connectivity index (χ1) is 15.3. The molecule has 166 valence electrons. The molecule has 0 aliphatic carbocycles. The molecule has 0 radical (unpaired) electrons. The highest BCUT2D eigenvalue weighted by Crippen LogP contribution is 2.42. The average Bonchev–Trinajstić information content (AvgIpc) is 3.29. The zero-order chi connectivity index (χ0) is 23.0. The van der Waals surface area contributed by atoms with Crippen LogP contribution in [0.1, 0.15) is 58.9 Å². The van der Waals surface area contributed by atoms with E-state index in [4.69, 9.17) is 17.0 Å². The van der Waals surface area contributed by atoms with Crippen molar-refractivity contribution in [1.82, 2.24) is 19.8 Å². The molecular formula is C25H28N4O2S.